The van der Waals surface area contributed by atoms with Crippen molar-refractivity contribution in [3.05, 3.63) is 0 Å². The highest BCUT2D eigenvalue weighted by Crippen LogP contribution is 2.32. The summed E-state index contributed by atoms with van der Waals surface area (Å²) < 4.78 is 5.81. The van der Waals surface area contributed by atoms with Gasteiger partial charge in [0.05, 0.1) is 18.8 Å². The van der Waals surface area contributed by atoms with E-state index >= 15 is 0 Å². The molecular formula is C15H29NO2. The van der Waals surface area contributed by atoms with Gasteiger partial charge in [0, 0.05) is 19.1 Å². The van der Waals surface area contributed by atoms with Crippen LogP contribution in [0, 0.1) is 11.8 Å². The normalized spacial score (nSPS) is 36.8. The van der Waals surface area contributed by atoms with Crippen molar-refractivity contribution in [3.63, 3.8) is 0 Å². The fraction of sp³-hybridized carbons (Fsp3) is 1.00. The van der Waals surface area contributed by atoms with Crippen molar-refractivity contribution in [2.24, 2.45) is 11.8 Å². The number of hydrogen-bond donors (Lipinski definition) is 1. The molecule has 0 aromatic carbocycles. The quantitative estimate of drug-likeness (QED) is 0.840. The topological polar surface area (TPSA) is 32.7 Å². The van der Waals surface area contributed by atoms with E-state index in [1.54, 1.807) is 0 Å². The number of aliphatic hydroxyl groups is 1. The van der Waals surface area contributed by atoms with Crippen LogP contribution in [0.2, 0.25) is 0 Å². The Labute approximate surface area is 112 Å². The van der Waals surface area contributed by atoms with Crippen LogP contribution in [0.15, 0.2) is 0 Å². The summed E-state index contributed by atoms with van der Waals surface area (Å²) in [5, 5.41) is 10.5. The Hall–Kier alpha value is -0.120. The van der Waals surface area contributed by atoms with Gasteiger partial charge in [-0.05, 0) is 38.5 Å². The van der Waals surface area contributed by atoms with E-state index in [0.717, 1.165) is 25.6 Å². The van der Waals surface area contributed by atoms with Crippen molar-refractivity contribution in [2.45, 2.75) is 64.7 Å². The molecule has 0 spiro atoms. The van der Waals surface area contributed by atoms with Gasteiger partial charge in [-0.2, -0.15) is 0 Å². The summed E-state index contributed by atoms with van der Waals surface area (Å²) in [7, 11) is 0. The van der Waals surface area contributed by atoms with Gasteiger partial charge in [-0.25, -0.2) is 0 Å². The molecule has 3 nitrogen and oxygen atoms in total. The highest BCUT2D eigenvalue weighted by Gasteiger charge is 2.34. The lowest BCUT2D eigenvalue weighted by molar-refractivity contribution is -0.115. The van der Waals surface area contributed by atoms with Gasteiger partial charge in [-0.1, -0.05) is 19.8 Å². The SMILES string of the molecule is CC1CCC(C(O)C2CN(C(C)C)CCO2)CC1. The molecule has 106 valence electrons. The molecule has 0 radical (unpaired) electrons. The maximum Gasteiger partial charge on any atom is 0.0963 e. The summed E-state index contributed by atoms with van der Waals surface area (Å²) in [5.41, 5.74) is 0. The lowest BCUT2D eigenvalue weighted by Crippen LogP contribution is -2.52. The highest BCUT2D eigenvalue weighted by atomic mass is 16.5. The van der Waals surface area contributed by atoms with Crippen LogP contribution in [-0.4, -0.2) is 48.0 Å². The van der Waals surface area contributed by atoms with E-state index in [9.17, 15) is 5.11 Å². The first kappa shape index (κ1) is 14.3. The van der Waals surface area contributed by atoms with Gasteiger partial charge < -0.3 is 9.84 Å². The zero-order chi connectivity index (χ0) is 13.1. The van der Waals surface area contributed by atoms with Crippen LogP contribution < -0.4 is 0 Å². The molecule has 1 aliphatic carbocycles. The van der Waals surface area contributed by atoms with Gasteiger partial charge in [0.15, 0.2) is 0 Å². The van der Waals surface area contributed by atoms with Crippen molar-refractivity contribution < 1.29 is 9.84 Å². The summed E-state index contributed by atoms with van der Waals surface area (Å²) >= 11 is 0. The van der Waals surface area contributed by atoms with E-state index in [1.165, 1.54) is 25.7 Å². The van der Waals surface area contributed by atoms with Crippen LogP contribution in [0.25, 0.3) is 0 Å². The van der Waals surface area contributed by atoms with Crippen LogP contribution in [-0.2, 0) is 4.74 Å². The Kier molecular flexibility index (Phi) is 5.05. The second-order valence-corrected chi connectivity index (χ2v) is 6.51. The number of aliphatic hydroxyl groups excluding tert-OH is 1. The third kappa shape index (κ3) is 3.46. The third-order valence-electron chi connectivity index (χ3n) is 4.78. The van der Waals surface area contributed by atoms with Crippen molar-refractivity contribution in [1.82, 2.24) is 4.90 Å². The van der Waals surface area contributed by atoms with E-state index in [-0.39, 0.29) is 12.2 Å². The van der Waals surface area contributed by atoms with E-state index < -0.39 is 0 Å². The standard InChI is InChI=1S/C15H29NO2/c1-11(2)16-8-9-18-14(10-16)15(17)13-6-4-12(3)5-7-13/h11-15,17H,4-10H2,1-3H3. The van der Waals surface area contributed by atoms with Gasteiger partial charge >= 0.3 is 0 Å². The number of nitrogens with zero attached hydrogens (tertiary/aromatic N) is 1. The maximum absolute atomic E-state index is 10.5. The lowest BCUT2D eigenvalue weighted by atomic mass is 9.78. The number of ether oxygens (including phenoxy) is 1. The molecule has 1 N–H and O–H groups in total. The van der Waals surface area contributed by atoms with E-state index in [2.05, 4.69) is 25.7 Å². The minimum absolute atomic E-state index is 0.0274. The van der Waals surface area contributed by atoms with Gasteiger partial charge in [-0.3, -0.25) is 4.90 Å². The molecule has 3 heteroatoms. The predicted octanol–water partition coefficient (Wildman–Crippen LogP) is 2.28. The first-order valence-corrected chi connectivity index (χ1v) is 7.61. The summed E-state index contributed by atoms with van der Waals surface area (Å²) in [6.45, 7) is 9.42. The van der Waals surface area contributed by atoms with E-state index in [0.29, 0.717) is 12.0 Å². The van der Waals surface area contributed by atoms with Crippen molar-refractivity contribution in [2.75, 3.05) is 19.7 Å². The van der Waals surface area contributed by atoms with Crippen LogP contribution in [0.1, 0.15) is 46.5 Å². The Morgan fingerprint density at radius 2 is 1.83 bits per heavy atom. The molecule has 1 heterocycles. The molecule has 0 bridgehead atoms. The first-order chi connectivity index (χ1) is 8.58. The second-order valence-electron chi connectivity index (χ2n) is 6.51. The molecule has 0 aromatic rings. The second kappa shape index (κ2) is 6.36. The fourth-order valence-corrected chi connectivity index (χ4v) is 3.30. The molecule has 2 rings (SSSR count). The molecule has 18 heavy (non-hydrogen) atoms. The predicted molar refractivity (Wildman–Crippen MR) is 73.6 cm³/mol. The van der Waals surface area contributed by atoms with Crippen molar-refractivity contribution >= 4 is 0 Å². The number of hydrogen-bond acceptors (Lipinski definition) is 3. The van der Waals surface area contributed by atoms with Crippen LogP contribution in [0.3, 0.4) is 0 Å². The highest BCUT2D eigenvalue weighted by molar-refractivity contribution is 4.85. The fourth-order valence-electron chi connectivity index (χ4n) is 3.30. The molecule has 2 atom stereocenters. The van der Waals surface area contributed by atoms with Crippen LogP contribution in [0.5, 0.6) is 0 Å². The zero-order valence-corrected chi connectivity index (χ0v) is 12.1. The molecule has 0 amide bonds. The number of morpholine rings is 1. The first-order valence-electron chi connectivity index (χ1n) is 7.61. The van der Waals surface area contributed by atoms with Crippen molar-refractivity contribution in [3.8, 4) is 0 Å². The average Bonchev–Trinajstić information content (AvgIpc) is 2.39. The Balaban J connectivity index is 1.86. The molecule has 2 aliphatic rings. The van der Waals surface area contributed by atoms with Gasteiger partial charge in [0.1, 0.15) is 0 Å². The molecule has 1 aliphatic heterocycles. The molecular weight excluding hydrogens is 226 g/mol. The van der Waals surface area contributed by atoms with E-state index in [4.69, 9.17) is 4.74 Å². The summed E-state index contributed by atoms with van der Waals surface area (Å²) in [6.07, 6.45) is 4.64. The Morgan fingerprint density at radius 3 is 2.44 bits per heavy atom. The minimum atomic E-state index is -0.265. The van der Waals surface area contributed by atoms with Gasteiger partial charge in [-0.15, -0.1) is 0 Å². The summed E-state index contributed by atoms with van der Waals surface area (Å²) in [4.78, 5) is 2.42. The molecule has 2 unspecified atom stereocenters. The van der Waals surface area contributed by atoms with Gasteiger partial charge in [0.2, 0.25) is 0 Å². The summed E-state index contributed by atoms with van der Waals surface area (Å²) in [6, 6.07) is 0.551. The van der Waals surface area contributed by atoms with Gasteiger partial charge in [0.25, 0.3) is 0 Å². The third-order valence-corrected chi connectivity index (χ3v) is 4.78. The zero-order valence-electron chi connectivity index (χ0n) is 12.1. The largest absolute Gasteiger partial charge is 0.390 e. The van der Waals surface area contributed by atoms with Crippen LogP contribution >= 0.6 is 0 Å². The minimum Gasteiger partial charge on any atom is -0.390 e. The van der Waals surface area contributed by atoms with Crippen molar-refractivity contribution in [1.29, 1.82) is 0 Å². The average molecular weight is 255 g/mol. The lowest BCUT2D eigenvalue weighted by Gasteiger charge is -2.40. The molecule has 0 aromatic heterocycles. The monoisotopic (exact) mass is 255 g/mol. The summed E-state index contributed by atoms with van der Waals surface area (Å²) in [5.74, 6) is 1.30. The maximum atomic E-state index is 10.5. The molecule has 1 saturated carbocycles. The molecule has 1 saturated heterocycles. The van der Waals surface area contributed by atoms with Crippen LogP contribution in [0.4, 0.5) is 0 Å². The number of rotatable bonds is 3. The Morgan fingerprint density at radius 1 is 1.17 bits per heavy atom. The Bertz CT molecular complexity index is 249. The van der Waals surface area contributed by atoms with E-state index in [1.807, 2.05) is 0 Å². The smallest absolute Gasteiger partial charge is 0.0963 e. The molecule has 2 fully saturated rings.